The van der Waals surface area contributed by atoms with Gasteiger partial charge in [0.2, 0.25) is 0 Å². The molecule has 0 saturated carbocycles. The van der Waals surface area contributed by atoms with E-state index in [1.54, 1.807) is 25.4 Å². The topological polar surface area (TPSA) is 41.7 Å². The van der Waals surface area contributed by atoms with Crippen LogP contribution in [0, 0.1) is 17.5 Å². The molecule has 7 heteroatoms. The number of aryl methyl sites for hydroxylation is 2. The van der Waals surface area contributed by atoms with Gasteiger partial charge in [0.15, 0.2) is 0 Å². The minimum absolute atomic E-state index is 0.186. The Morgan fingerprint density at radius 1 is 0.857 bits per heavy atom. The summed E-state index contributed by atoms with van der Waals surface area (Å²) in [6.45, 7) is 7.41. The van der Waals surface area contributed by atoms with Crippen molar-refractivity contribution < 1.29 is 17.9 Å². The van der Waals surface area contributed by atoms with Crippen molar-refractivity contribution in [2.24, 2.45) is 5.73 Å². The van der Waals surface area contributed by atoms with E-state index in [2.05, 4.69) is 66.1 Å². The molecule has 2 N–H and O–H groups in total. The molecule has 4 aromatic rings. The minimum atomic E-state index is -0.580. The average molecular weight is 668 g/mol. The zero-order valence-electron chi connectivity index (χ0n) is 28.9. The lowest BCUT2D eigenvalue weighted by molar-refractivity contribution is 0.224. The van der Waals surface area contributed by atoms with E-state index in [0.717, 1.165) is 103 Å². The first-order chi connectivity index (χ1) is 23.8. The molecule has 5 rings (SSSR count). The van der Waals surface area contributed by atoms with Gasteiger partial charge in [0, 0.05) is 44.0 Å². The Balaban J connectivity index is 1.33. The van der Waals surface area contributed by atoms with Crippen molar-refractivity contribution in [1.29, 1.82) is 0 Å². The normalized spacial score (nSPS) is 14.4. The Bertz CT molecular complexity index is 1720. The number of allylic oxidation sites excluding steroid dienone is 1. The minimum Gasteiger partial charge on any atom is -0.497 e. The number of likely N-dealkylation sites (tertiary alicyclic amines) is 1. The van der Waals surface area contributed by atoms with Crippen LogP contribution in [0.25, 0.3) is 11.1 Å². The summed E-state index contributed by atoms with van der Waals surface area (Å²) in [5, 5.41) is 0. The molecule has 1 aliphatic heterocycles. The third-order valence-corrected chi connectivity index (χ3v) is 9.36. The lowest BCUT2D eigenvalue weighted by Crippen LogP contribution is -2.45. The number of hydrogen-bond acceptors (Lipinski definition) is 4. The largest absolute Gasteiger partial charge is 0.497 e. The highest BCUT2D eigenvalue weighted by Gasteiger charge is 2.26. The summed E-state index contributed by atoms with van der Waals surface area (Å²) in [6.07, 6.45) is 10.9. The zero-order chi connectivity index (χ0) is 34.8. The molecule has 0 bridgehead atoms. The van der Waals surface area contributed by atoms with Crippen LogP contribution in [0.5, 0.6) is 5.75 Å². The number of halogens is 3. The van der Waals surface area contributed by atoms with Crippen molar-refractivity contribution in [2.45, 2.75) is 65.0 Å². The molecule has 49 heavy (non-hydrogen) atoms. The van der Waals surface area contributed by atoms with Crippen molar-refractivity contribution in [3.05, 3.63) is 142 Å². The van der Waals surface area contributed by atoms with Crippen LogP contribution in [0.1, 0.15) is 55.4 Å². The predicted octanol–water partition coefficient (Wildman–Crippen LogP) is 9.41. The first kappa shape index (κ1) is 35.8. The highest BCUT2D eigenvalue weighted by molar-refractivity contribution is 5.69. The van der Waals surface area contributed by atoms with Crippen molar-refractivity contribution in [3.63, 3.8) is 0 Å². The molecular weight excluding hydrogens is 619 g/mol. The predicted molar refractivity (Wildman–Crippen MR) is 195 cm³/mol. The third-order valence-electron chi connectivity index (χ3n) is 9.36. The second kappa shape index (κ2) is 17.3. The van der Waals surface area contributed by atoms with Gasteiger partial charge in [0.1, 0.15) is 23.2 Å². The number of benzene rings is 4. The standard InChI is InChI=1S/C42H48F3N3O/c1-4-6-31-21-32(23-36(43)22-31)8-7-30(15-18-46)28-47-19-16-40(17-20-47)48(39-11-13-41(49-3)14-12-39)29-33-9-10-34(5-2)42(24-33)35-25-37(44)27-38(45)26-35/h7,9-15,18,21-27,40H,4-6,8,16-17,19-20,28-29,46H2,1-3H3/b18-15-,30-7+. The summed E-state index contributed by atoms with van der Waals surface area (Å²) < 4.78 is 48.1. The van der Waals surface area contributed by atoms with E-state index in [1.807, 2.05) is 18.2 Å². The van der Waals surface area contributed by atoms with Gasteiger partial charge in [-0.1, -0.05) is 44.5 Å². The maximum absolute atomic E-state index is 14.3. The maximum Gasteiger partial charge on any atom is 0.126 e. The molecule has 4 nitrogen and oxygen atoms in total. The lowest BCUT2D eigenvalue weighted by atomic mass is 9.94. The molecule has 1 aliphatic rings. The third kappa shape index (κ3) is 9.79. The number of rotatable bonds is 14. The van der Waals surface area contributed by atoms with Gasteiger partial charge >= 0.3 is 0 Å². The SMILES string of the molecule is CCCc1cc(F)cc(C/C=C(\C=C/N)CN2CCC(N(Cc3ccc(CC)c(-c4cc(F)cc(F)c4)c3)c3ccc(OC)cc3)CC2)c1. The van der Waals surface area contributed by atoms with Crippen LogP contribution in [-0.4, -0.2) is 37.7 Å². The van der Waals surface area contributed by atoms with Gasteiger partial charge in [-0.25, -0.2) is 13.2 Å². The number of anilines is 1. The second-order valence-corrected chi connectivity index (χ2v) is 12.9. The van der Waals surface area contributed by atoms with E-state index < -0.39 is 11.6 Å². The number of nitrogens with two attached hydrogens (primary N) is 1. The van der Waals surface area contributed by atoms with Crippen LogP contribution >= 0.6 is 0 Å². The lowest BCUT2D eigenvalue weighted by Gasteiger charge is -2.40. The van der Waals surface area contributed by atoms with Gasteiger partial charge in [-0.2, -0.15) is 0 Å². The van der Waals surface area contributed by atoms with E-state index in [-0.39, 0.29) is 11.9 Å². The summed E-state index contributed by atoms with van der Waals surface area (Å²) in [4.78, 5) is 4.90. The quantitative estimate of drug-likeness (QED) is 0.136. The number of hydrogen-bond donors (Lipinski definition) is 1. The van der Waals surface area contributed by atoms with E-state index in [9.17, 15) is 13.2 Å². The van der Waals surface area contributed by atoms with Gasteiger partial charge in [-0.15, -0.1) is 0 Å². The van der Waals surface area contributed by atoms with Crippen LogP contribution in [-0.2, 0) is 25.8 Å². The smallest absolute Gasteiger partial charge is 0.126 e. The fourth-order valence-electron chi connectivity index (χ4n) is 6.88. The van der Waals surface area contributed by atoms with Crippen LogP contribution in [0.2, 0.25) is 0 Å². The van der Waals surface area contributed by atoms with Crippen LogP contribution in [0.15, 0.2) is 103 Å². The number of methoxy groups -OCH3 is 1. The van der Waals surface area contributed by atoms with Gasteiger partial charge in [-0.05, 0) is 138 Å². The van der Waals surface area contributed by atoms with Crippen molar-refractivity contribution in [2.75, 3.05) is 31.6 Å². The number of nitrogens with zero attached hydrogens (tertiary/aromatic N) is 2. The van der Waals surface area contributed by atoms with Crippen molar-refractivity contribution in [3.8, 4) is 16.9 Å². The Kier molecular flexibility index (Phi) is 12.6. The highest BCUT2D eigenvalue weighted by Crippen LogP contribution is 2.31. The Morgan fingerprint density at radius 2 is 1.55 bits per heavy atom. The Labute approximate surface area is 289 Å². The zero-order valence-corrected chi connectivity index (χ0v) is 28.9. The van der Waals surface area contributed by atoms with E-state index >= 15 is 0 Å². The maximum atomic E-state index is 14.3. The molecule has 1 heterocycles. The fourth-order valence-corrected chi connectivity index (χ4v) is 6.88. The molecule has 1 saturated heterocycles. The van der Waals surface area contributed by atoms with E-state index in [4.69, 9.17) is 10.5 Å². The average Bonchev–Trinajstić information content (AvgIpc) is 3.09. The Morgan fingerprint density at radius 3 is 2.20 bits per heavy atom. The molecule has 0 amide bonds. The monoisotopic (exact) mass is 667 g/mol. The second-order valence-electron chi connectivity index (χ2n) is 12.9. The number of ether oxygens (including phenoxy) is 1. The van der Waals surface area contributed by atoms with Gasteiger partial charge in [0.05, 0.1) is 7.11 Å². The molecule has 258 valence electrons. The first-order valence-corrected chi connectivity index (χ1v) is 17.4. The Hall–Kier alpha value is -4.49. The van der Waals surface area contributed by atoms with Gasteiger partial charge in [-0.3, -0.25) is 4.90 Å². The van der Waals surface area contributed by atoms with E-state index in [1.165, 1.54) is 12.1 Å². The van der Waals surface area contributed by atoms with Crippen molar-refractivity contribution >= 4 is 5.69 Å². The van der Waals surface area contributed by atoms with Crippen LogP contribution in [0.4, 0.5) is 18.9 Å². The molecule has 0 atom stereocenters. The van der Waals surface area contributed by atoms with Gasteiger partial charge < -0.3 is 15.4 Å². The molecule has 0 spiro atoms. The molecular formula is C42H48F3N3O. The molecule has 0 radical (unpaired) electrons. The van der Waals surface area contributed by atoms with E-state index in [0.29, 0.717) is 18.5 Å². The molecule has 0 aliphatic carbocycles. The molecule has 0 unspecified atom stereocenters. The highest BCUT2D eigenvalue weighted by atomic mass is 19.1. The summed E-state index contributed by atoms with van der Waals surface area (Å²) in [5.41, 5.74) is 13.6. The molecule has 0 aromatic heterocycles. The summed E-state index contributed by atoms with van der Waals surface area (Å²) >= 11 is 0. The molecule has 4 aromatic carbocycles. The van der Waals surface area contributed by atoms with Crippen LogP contribution < -0.4 is 15.4 Å². The number of piperidine rings is 1. The van der Waals surface area contributed by atoms with Gasteiger partial charge in [0.25, 0.3) is 0 Å². The fraction of sp³-hybridized carbons (Fsp3) is 0.333. The van der Waals surface area contributed by atoms with Crippen molar-refractivity contribution in [1.82, 2.24) is 4.90 Å². The van der Waals surface area contributed by atoms with Crippen LogP contribution in [0.3, 0.4) is 0 Å². The summed E-state index contributed by atoms with van der Waals surface area (Å²) in [5.74, 6) is -0.546. The summed E-state index contributed by atoms with van der Waals surface area (Å²) in [7, 11) is 1.67. The molecule has 1 fully saturated rings. The first-order valence-electron chi connectivity index (χ1n) is 17.4. The summed E-state index contributed by atoms with van der Waals surface area (Å²) in [6, 6.07) is 23.8.